The molecule has 1 aliphatic rings. The number of hydrogen-bond donors (Lipinski definition) is 0. The fraction of sp³-hybridized carbons (Fsp3) is 0.346. The third-order valence-electron chi connectivity index (χ3n) is 6.12. The van der Waals surface area contributed by atoms with Crippen LogP contribution in [-0.4, -0.2) is 28.5 Å². The van der Waals surface area contributed by atoms with Crippen LogP contribution in [0.1, 0.15) is 53.7 Å². The highest BCUT2D eigenvalue weighted by atomic mass is 79.9. The van der Waals surface area contributed by atoms with Crippen LogP contribution < -0.4 is 4.74 Å². The topological polar surface area (TPSA) is 34.5 Å². The Morgan fingerprint density at radius 3 is 2.65 bits per heavy atom. The van der Waals surface area contributed by atoms with Gasteiger partial charge in [0.1, 0.15) is 5.75 Å². The molecule has 1 heterocycles. The fourth-order valence-electron chi connectivity index (χ4n) is 4.44. The first-order valence-electron chi connectivity index (χ1n) is 11.0. The lowest BCUT2D eigenvalue weighted by molar-refractivity contribution is 0.0607. The maximum atomic E-state index is 13.6. The number of hydrogen-bond acceptors (Lipinski definition) is 2. The lowest BCUT2D eigenvalue weighted by atomic mass is 9.93. The minimum absolute atomic E-state index is 0.105. The molecule has 4 rings (SSSR count). The molecule has 162 valence electrons. The van der Waals surface area contributed by atoms with Gasteiger partial charge in [-0.15, -0.1) is 0 Å². The van der Waals surface area contributed by atoms with Crippen molar-refractivity contribution in [1.82, 2.24) is 9.47 Å². The van der Waals surface area contributed by atoms with E-state index in [2.05, 4.69) is 55.9 Å². The Bertz CT molecular complexity index is 1020. The molecule has 0 bridgehead atoms. The van der Waals surface area contributed by atoms with Gasteiger partial charge in [-0.2, -0.15) is 0 Å². The molecule has 4 nitrogen and oxygen atoms in total. The van der Waals surface area contributed by atoms with Crippen LogP contribution in [0.5, 0.6) is 5.75 Å². The van der Waals surface area contributed by atoms with E-state index in [1.54, 1.807) is 7.11 Å². The van der Waals surface area contributed by atoms with Gasteiger partial charge in [0.15, 0.2) is 0 Å². The van der Waals surface area contributed by atoms with Crippen LogP contribution in [0, 0.1) is 0 Å². The largest absolute Gasteiger partial charge is 0.497 e. The second-order valence-electron chi connectivity index (χ2n) is 8.18. The molecule has 1 fully saturated rings. The number of carbonyl (C=O) groups is 1. The number of nitrogens with zero attached hydrogens (tertiary/aromatic N) is 2. The third kappa shape index (κ3) is 5.21. The SMILES string of the molecule is COc1cccc(Cn2cccc2CN(C(=O)c2ccccc2Br)C2CCCCC2)c1. The molecular weight excluding hydrogens is 452 g/mol. The Hall–Kier alpha value is -2.53. The number of methoxy groups -OCH3 is 1. The van der Waals surface area contributed by atoms with Crippen molar-refractivity contribution in [2.75, 3.05) is 7.11 Å². The predicted octanol–water partition coefficient (Wildman–Crippen LogP) is 6.28. The minimum Gasteiger partial charge on any atom is -0.497 e. The summed E-state index contributed by atoms with van der Waals surface area (Å²) in [5, 5.41) is 0. The summed E-state index contributed by atoms with van der Waals surface area (Å²) in [4.78, 5) is 15.7. The molecule has 1 saturated carbocycles. The van der Waals surface area contributed by atoms with Gasteiger partial charge in [-0.05, 0) is 70.7 Å². The average molecular weight is 481 g/mol. The number of aromatic nitrogens is 1. The first kappa shape index (κ1) is 21.7. The van der Waals surface area contributed by atoms with Gasteiger partial charge >= 0.3 is 0 Å². The van der Waals surface area contributed by atoms with Gasteiger partial charge in [0.05, 0.1) is 19.2 Å². The molecule has 2 aromatic carbocycles. The van der Waals surface area contributed by atoms with E-state index in [1.807, 2.05) is 36.4 Å². The van der Waals surface area contributed by atoms with E-state index < -0.39 is 0 Å². The Balaban J connectivity index is 1.59. The first-order valence-corrected chi connectivity index (χ1v) is 11.8. The number of halogens is 1. The minimum atomic E-state index is 0.105. The highest BCUT2D eigenvalue weighted by Crippen LogP contribution is 2.28. The highest BCUT2D eigenvalue weighted by molar-refractivity contribution is 9.10. The molecular formula is C26H29BrN2O2. The van der Waals surface area contributed by atoms with Crippen molar-refractivity contribution >= 4 is 21.8 Å². The monoisotopic (exact) mass is 480 g/mol. The van der Waals surface area contributed by atoms with E-state index in [1.165, 1.54) is 24.8 Å². The van der Waals surface area contributed by atoms with Crippen molar-refractivity contribution in [3.8, 4) is 5.75 Å². The first-order chi connectivity index (χ1) is 15.2. The predicted molar refractivity (Wildman–Crippen MR) is 127 cm³/mol. The van der Waals surface area contributed by atoms with Gasteiger partial charge < -0.3 is 14.2 Å². The van der Waals surface area contributed by atoms with Crippen LogP contribution in [0.25, 0.3) is 0 Å². The molecule has 0 N–H and O–H groups in total. The molecule has 1 aromatic heterocycles. The van der Waals surface area contributed by atoms with Crippen LogP contribution in [0.3, 0.4) is 0 Å². The van der Waals surface area contributed by atoms with Crippen LogP contribution in [0.2, 0.25) is 0 Å². The van der Waals surface area contributed by atoms with Crippen LogP contribution in [0.15, 0.2) is 71.3 Å². The van der Waals surface area contributed by atoms with Crippen molar-refractivity contribution in [1.29, 1.82) is 0 Å². The smallest absolute Gasteiger partial charge is 0.255 e. The summed E-state index contributed by atoms with van der Waals surface area (Å²) in [6.45, 7) is 1.36. The number of amides is 1. The zero-order valence-corrected chi connectivity index (χ0v) is 19.6. The Morgan fingerprint density at radius 2 is 1.87 bits per heavy atom. The van der Waals surface area contributed by atoms with Gasteiger partial charge in [-0.3, -0.25) is 4.79 Å². The van der Waals surface area contributed by atoms with Crippen molar-refractivity contribution in [2.45, 2.75) is 51.2 Å². The zero-order valence-electron chi connectivity index (χ0n) is 18.0. The standard InChI is InChI=1S/C26H29BrN2O2/c1-31-23-13-7-9-20(17-23)18-28-16-8-12-22(28)19-29(21-10-3-2-4-11-21)26(30)24-14-5-6-15-25(24)27/h5-9,12-17,21H,2-4,10-11,18-19H2,1H3. The molecule has 1 aliphatic carbocycles. The highest BCUT2D eigenvalue weighted by Gasteiger charge is 2.28. The molecule has 0 saturated heterocycles. The van der Waals surface area contributed by atoms with E-state index in [0.717, 1.165) is 40.9 Å². The quantitative estimate of drug-likeness (QED) is 0.398. The molecule has 1 amide bonds. The number of benzene rings is 2. The Kier molecular flexibility index (Phi) is 7.13. The van der Waals surface area contributed by atoms with Crippen molar-refractivity contribution < 1.29 is 9.53 Å². The van der Waals surface area contributed by atoms with Crippen molar-refractivity contribution in [3.63, 3.8) is 0 Å². The Labute approximate surface area is 193 Å². The molecule has 0 radical (unpaired) electrons. The molecule has 0 spiro atoms. The van der Waals surface area contributed by atoms with Crippen molar-refractivity contribution in [3.05, 3.63) is 88.2 Å². The molecule has 3 aromatic rings. The number of carbonyl (C=O) groups excluding carboxylic acids is 1. The summed E-state index contributed by atoms with van der Waals surface area (Å²) in [5.74, 6) is 0.965. The summed E-state index contributed by atoms with van der Waals surface area (Å²) >= 11 is 3.57. The third-order valence-corrected chi connectivity index (χ3v) is 6.82. The lowest BCUT2D eigenvalue weighted by Crippen LogP contribution is -2.41. The fourth-order valence-corrected chi connectivity index (χ4v) is 4.89. The van der Waals surface area contributed by atoms with Crippen molar-refractivity contribution in [2.24, 2.45) is 0 Å². The summed E-state index contributed by atoms with van der Waals surface area (Å²) < 4.78 is 8.46. The van der Waals surface area contributed by atoms with Gasteiger partial charge in [0, 0.05) is 29.0 Å². The summed E-state index contributed by atoms with van der Waals surface area (Å²) in [7, 11) is 1.69. The van der Waals surface area contributed by atoms with Gasteiger partial charge in [-0.1, -0.05) is 43.5 Å². The van der Waals surface area contributed by atoms with Gasteiger partial charge in [-0.25, -0.2) is 0 Å². The molecule has 0 atom stereocenters. The van der Waals surface area contributed by atoms with Crippen LogP contribution >= 0.6 is 15.9 Å². The molecule has 0 aliphatic heterocycles. The summed E-state index contributed by atoms with van der Waals surface area (Å²) in [6, 6.07) is 20.4. The second kappa shape index (κ2) is 10.2. The lowest BCUT2D eigenvalue weighted by Gasteiger charge is -2.35. The average Bonchev–Trinajstić information content (AvgIpc) is 3.24. The molecule has 31 heavy (non-hydrogen) atoms. The maximum absolute atomic E-state index is 13.6. The maximum Gasteiger partial charge on any atom is 0.255 e. The van der Waals surface area contributed by atoms with E-state index in [4.69, 9.17) is 4.74 Å². The number of ether oxygens (including phenoxy) is 1. The second-order valence-corrected chi connectivity index (χ2v) is 9.04. The number of rotatable bonds is 7. The zero-order chi connectivity index (χ0) is 21.6. The molecule has 5 heteroatoms. The normalized spacial score (nSPS) is 14.4. The van der Waals surface area contributed by atoms with Gasteiger partial charge in [0.25, 0.3) is 5.91 Å². The molecule has 0 unspecified atom stereocenters. The van der Waals surface area contributed by atoms with E-state index in [9.17, 15) is 4.79 Å². The van der Waals surface area contributed by atoms with E-state index in [0.29, 0.717) is 6.54 Å². The summed E-state index contributed by atoms with van der Waals surface area (Å²) in [5.41, 5.74) is 3.06. The van der Waals surface area contributed by atoms with Gasteiger partial charge in [0.2, 0.25) is 0 Å². The van der Waals surface area contributed by atoms with E-state index >= 15 is 0 Å². The van der Waals surface area contributed by atoms with E-state index in [-0.39, 0.29) is 11.9 Å². The van der Waals surface area contributed by atoms with Crippen LogP contribution in [-0.2, 0) is 13.1 Å². The Morgan fingerprint density at radius 1 is 1.06 bits per heavy atom. The van der Waals surface area contributed by atoms with Crippen LogP contribution in [0.4, 0.5) is 0 Å². The summed E-state index contributed by atoms with van der Waals surface area (Å²) in [6.07, 6.45) is 7.89.